The highest BCUT2D eigenvalue weighted by molar-refractivity contribution is 6.39. The minimum atomic E-state index is -1.14. The molecule has 15 heavy (non-hydrogen) atoms. The number of carbonyl (C=O) groups excluding carboxylic acids is 2. The summed E-state index contributed by atoms with van der Waals surface area (Å²) in [4.78, 5) is 21.7. The quantitative estimate of drug-likeness (QED) is 0.461. The largest absolute Gasteiger partial charge is 0.321 e. The van der Waals surface area contributed by atoms with Crippen molar-refractivity contribution in [3.8, 4) is 0 Å². The van der Waals surface area contributed by atoms with E-state index in [2.05, 4.69) is 0 Å². The van der Waals surface area contributed by atoms with Gasteiger partial charge in [-0.3, -0.25) is 4.79 Å². The lowest BCUT2D eigenvalue weighted by Gasteiger charge is -2.10. The second-order valence-corrected chi connectivity index (χ2v) is 3.71. The molecule has 0 aliphatic heterocycles. The summed E-state index contributed by atoms with van der Waals surface area (Å²) in [6.45, 7) is 0. The van der Waals surface area contributed by atoms with Crippen LogP contribution in [0.15, 0.2) is 30.3 Å². The molecule has 0 radical (unpaired) electrons. The molecular formula is C11H12ClNO2. The molecule has 2 atom stereocenters. The maximum Gasteiger partial charge on any atom is 0.174 e. The van der Waals surface area contributed by atoms with Crippen molar-refractivity contribution in [2.24, 2.45) is 5.73 Å². The Morgan fingerprint density at radius 3 is 2.53 bits per heavy atom. The van der Waals surface area contributed by atoms with Crippen molar-refractivity contribution in [1.82, 2.24) is 0 Å². The molecule has 1 rings (SSSR count). The fraction of sp³-hybridized carbons (Fsp3) is 0.273. The molecule has 2 unspecified atom stereocenters. The van der Waals surface area contributed by atoms with Crippen LogP contribution in [0.25, 0.3) is 0 Å². The molecule has 0 saturated carbocycles. The SMILES string of the molecule is NC(Cc1ccccc1)C(=O)C(Cl)C=O. The van der Waals surface area contributed by atoms with Crippen LogP contribution in [-0.2, 0) is 16.0 Å². The molecule has 0 bridgehead atoms. The van der Waals surface area contributed by atoms with E-state index in [0.29, 0.717) is 12.7 Å². The molecule has 80 valence electrons. The molecule has 0 aliphatic rings. The number of halogens is 1. The third-order valence-electron chi connectivity index (χ3n) is 2.06. The Balaban J connectivity index is 2.60. The van der Waals surface area contributed by atoms with Gasteiger partial charge in [0.1, 0.15) is 11.7 Å². The second kappa shape index (κ2) is 5.63. The lowest BCUT2D eigenvalue weighted by molar-refractivity contribution is -0.122. The summed E-state index contributed by atoms with van der Waals surface area (Å²) < 4.78 is 0. The van der Waals surface area contributed by atoms with Gasteiger partial charge in [-0.05, 0) is 12.0 Å². The van der Waals surface area contributed by atoms with Crippen LogP contribution in [0.2, 0.25) is 0 Å². The third kappa shape index (κ3) is 3.46. The van der Waals surface area contributed by atoms with Gasteiger partial charge in [0.2, 0.25) is 0 Å². The maximum atomic E-state index is 11.4. The summed E-state index contributed by atoms with van der Waals surface area (Å²) in [6, 6.07) is 8.64. The summed E-state index contributed by atoms with van der Waals surface area (Å²) in [7, 11) is 0. The molecule has 0 aliphatic carbocycles. The van der Waals surface area contributed by atoms with Crippen LogP contribution >= 0.6 is 11.6 Å². The first-order valence-electron chi connectivity index (χ1n) is 4.57. The smallest absolute Gasteiger partial charge is 0.174 e. The Kier molecular flexibility index (Phi) is 4.46. The first-order chi connectivity index (χ1) is 7.15. The van der Waals surface area contributed by atoms with Crippen LogP contribution in [0, 0.1) is 0 Å². The van der Waals surface area contributed by atoms with Crippen molar-refractivity contribution in [3.05, 3.63) is 35.9 Å². The summed E-state index contributed by atoms with van der Waals surface area (Å²) in [5, 5.41) is -1.14. The van der Waals surface area contributed by atoms with E-state index in [1.165, 1.54) is 0 Å². The van der Waals surface area contributed by atoms with Crippen molar-refractivity contribution < 1.29 is 9.59 Å². The number of hydrogen-bond acceptors (Lipinski definition) is 3. The number of Topliss-reactive ketones (excluding diaryl/α,β-unsaturated/α-hetero) is 1. The van der Waals surface area contributed by atoms with Gasteiger partial charge in [-0.1, -0.05) is 30.3 Å². The van der Waals surface area contributed by atoms with E-state index in [1.54, 1.807) is 0 Å². The summed E-state index contributed by atoms with van der Waals surface area (Å²) in [6.07, 6.45) is 0.797. The molecule has 3 nitrogen and oxygen atoms in total. The van der Waals surface area contributed by atoms with Crippen LogP contribution in [0.5, 0.6) is 0 Å². The van der Waals surface area contributed by atoms with Crippen molar-refractivity contribution in [3.63, 3.8) is 0 Å². The lowest BCUT2D eigenvalue weighted by atomic mass is 10.0. The van der Waals surface area contributed by atoms with Gasteiger partial charge in [0.15, 0.2) is 5.78 Å². The molecule has 4 heteroatoms. The van der Waals surface area contributed by atoms with Crippen molar-refractivity contribution in [1.29, 1.82) is 0 Å². The molecule has 0 spiro atoms. The molecule has 0 amide bonds. The Bertz CT molecular complexity index is 340. The van der Waals surface area contributed by atoms with Gasteiger partial charge in [-0.15, -0.1) is 11.6 Å². The minimum absolute atomic E-state index is 0.398. The maximum absolute atomic E-state index is 11.4. The summed E-state index contributed by atoms with van der Waals surface area (Å²) in [5.41, 5.74) is 6.58. The normalized spacial score (nSPS) is 14.3. The van der Waals surface area contributed by atoms with Gasteiger partial charge in [0, 0.05) is 0 Å². The van der Waals surface area contributed by atoms with E-state index in [-0.39, 0.29) is 0 Å². The molecule has 0 fully saturated rings. The molecule has 0 saturated heterocycles. The molecule has 2 N–H and O–H groups in total. The predicted molar refractivity (Wildman–Crippen MR) is 58.8 cm³/mol. The lowest BCUT2D eigenvalue weighted by Crippen LogP contribution is -2.38. The fourth-order valence-electron chi connectivity index (χ4n) is 1.24. The second-order valence-electron chi connectivity index (χ2n) is 3.24. The van der Waals surface area contributed by atoms with Crippen LogP contribution in [0.1, 0.15) is 5.56 Å². The Hall–Kier alpha value is -1.19. The van der Waals surface area contributed by atoms with Crippen molar-refractivity contribution >= 4 is 23.7 Å². The number of hydrogen-bond donors (Lipinski definition) is 1. The Morgan fingerprint density at radius 1 is 1.40 bits per heavy atom. The zero-order valence-electron chi connectivity index (χ0n) is 8.10. The zero-order valence-corrected chi connectivity index (χ0v) is 8.85. The van der Waals surface area contributed by atoms with Crippen LogP contribution in [0.4, 0.5) is 0 Å². The van der Waals surface area contributed by atoms with Gasteiger partial charge in [0.05, 0.1) is 6.04 Å². The van der Waals surface area contributed by atoms with E-state index < -0.39 is 17.2 Å². The highest BCUT2D eigenvalue weighted by Crippen LogP contribution is 2.05. The topological polar surface area (TPSA) is 60.2 Å². The van der Waals surface area contributed by atoms with Crippen molar-refractivity contribution in [2.75, 3.05) is 0 Å². The first kappa shape index (κ1) is 11.9. The predicted octanol–water partition coefficient (Wildman–Crippen LogP) is 0.932. The Labute approximate surface area is 93.2 Å². The monoisotopic (exact) mass is 225 g/mol. The number of ketones is 1. The fourth-order valence-corrected chi connectivity index (χ4v) is 1.40. The first-order valence-corrected chi connectivity index (χ1v) is 5.01. The van der Waals surface area contributed by atoms with E-state index in [9.17, 15) is 9.59 Å². The van der Waals surface area contributed by atoms with Gasteiger partial charge in [-0.2, -0.15) is 0 Å². The van der Waals surface area contributed by atoms with Gasteiger partial charge in [-0.25, -0.2) is 0 Å². The number of benzene rings is 1. The third-order valence-corrected chi connectivity index (χ3v) is 2.37. The number of carbonyl (C=O) groups is 2. The van der Waals surface area contributed by atoms with E-state index >= 15 is 0 Å². The zero-order chi connectivity index (χ0) is 11.3. The number of alkyl halides is 1. The number of aldehydes is 1. The van der Waals surface area contributed by atoms with Crippen LogP contribution in [0.3, 0.4) is 0 Å². The molecule has 0 heterocycles. The van der Waals surface area contributed by atoms with E-state index in [4.69, 9.17) is 17.3 Å². The molecule has 1 aromatic rings. The molecular weight excluding hydrogens is 214 g/mol. The summed E-state index contributed by atoms with van der Waals surface area (Å²) >= 11 is 5.48. The van der Waals surface area contributed by atoms with E-state index in [0.717, 1.165) is 5.56 Å². The minimum Gasteiger partial charge on any atom is -0.321 e. The van der Waals surface area contributed by atoms with Gasteiger partial charge < -0.3 is 10.5 Å². The average molecular weight is 226 g/mol. The average Bonchev–Trinajstić information content (AvgIpc) is 2.28. The highest BCUT2D eigenvalue weighted by atomic mass is 35.5. The molecule has 1 aromatic carbocycles. The van der Waals surface area contributed by atoms with Gasteiger partial charge in [0.25, 0.3) is 0 Å². The number of nitrogens with two attached hydrogens (primary N) is 1. The van der Waals surface area contributed by atoms with Crippen molar-refractivity contribution in [2.45, 2.75) is 17.8 Å². The standard InChI is InChI=1S/C11H12ClNO2/c12-9(7-14)11(15)10(13)6-8-4-2-1-3-5-8/h1-5,7,9-10H,6,13H2. The van der Waals surface area contributed by atoms with Gasteiger partial charge >= 0.3 is 0 Å². The summed E-state index contributed by atoms with van der Waals surface area (Å²) in [5.74, 6) is -0.435. The van der Waals surface area contributed by atoms with Crippen LogP contribution < -0.4 is 5.73 Å². The Morgan fingerprint density at radius 2 is 2.00 bits per heavy atom. The highest BCUT2D eigenvalue weighted by Gasteiger charge is 2.21. The van der Waals surface area contributed by atoms with E-state index in [1.807, 2.05) is 30.3 Å². The van der Waals surface area contributed by atoms with Crippen LogP contribution in [-0.4, -0.2) is 23.5 Å². The number of rotatable bonds is 5. The molecule has 0 aromatic heterocycles.